The van der Waals surface area contributed by atoms with Crippen molar-refractivity contribution < 1.29 is 19.1 Å². The first-order valence-corrected chi connectivity index (χ1v) is 7.48. The Morgan fingerprint density at radius 1 is 1.13 bits per heavy atom. The van der Waals surface area contributed by atoms with Crippen LogP contribution in [0.5, 0.6) is 0 Å². The molecule has 1 aromatic carbocycles. The van der Waals surface area contributed by atoms with E-state index in [-0.39, 0.29) is 19.1 Å². The summed E-state index contributed by atoms with van der Waals surface area (Å²) in [4.78, 5) is 35.2. The minimum Gasteiger partial charge on any atom is -0.460 e. The highest BCUT2D eigenvalue weighted by Gasteiger charge is 2.25. The largest absolute Gasteiger partial charge is 0.460 e. The Morgan fingerprint density at radius 3 is 2.30 bits per heavy atom. The van der Waals surface area contributed by atoms with Crippen molar-refractivity contribution in [3.8, 4) is 0 Å². The first-order chi connectivity index (χ1) is 10.7. The minimum atomic E-state index is -0.719. The second-order valence-corrected chi connectivity index (χ2v) is 6.31. The molecule has 0 aliphatic carbocycles. The molecule has 0 spiro atoms. The summed E-state index contributed by atoms with van der Waals surface area (Å²) in [6.45, 7) is 6.76. The number of amides is 2. The van der Waals surface area contributed by atoms with Gasteiger partial charge in [-0.2, -0.15) is 0 Å². The molecule has 126 valence electrons. The molecule has 0 heterocycles. The van der Waals surface area contributed by atoms with Gasteiger partial charge in [-0.3, -0.25) is 14.4 Å². The van der Waals surface area contributed by atoms with Crippen LogP contribution in [0.4, 0.5) is 0 Å². The number of esters is 1. The lowest BCUT2D eigenvalue weighted by Crippen LogP contribution is -2.49. The second kappa shape index (κ2) is 8.31. The first-order valence-electron chi connectivity index (χ1n) is 7.48. The highest BCUT2D eigenvalue weighted by Crippen LogP contribution is 2.12. The summed E-state index contributed by atoms with van der Waals surface area (Å²) in [5.41, 5.74) is 0.293. The summed E-state index contributed by atoms with van der Waals surface area (Å²) in [7, 11) is 0. The quantitative estimate of drug-likeness (QED) is 0.776. The Labute approximate surface area is 136 Å². The van der Waals surface area contributed by atoms with E-state index in [9.17, 15) is 14.4 Å². The minimum absolute atomic E-state index is 0.159. The smallest absolute Gasteiger partial charge is 0.325 e. The Morgan fingerprint density at radius 2 is 1.74 bits per heavy atom. The van der Waals surface area contributed by atoms with Crippen LogP contribution < -0.4 is 10.6 Å². The summed E-state index contributed by atoms with van der Waals surface area (Å²) in [5.74, 6) is -1.19. The number of ether oxygens (including phenoxy) is 1. The topological polar surface area (TPSA) is 84.5 Å². The third kappa shape index (κ3) is 6.95. The molecule has 1 atom stereocenters. The Bertz CT molecular complexity index is 549. The van der Waals surface area contributed by atoms with Crippen LogP contribution in [0, 0.1) is 5.41 Å². The number of hydrogen-bond acceptors (Lipinski definition) is 4. The van der Waals surface area contributed by atoms with E-state index in [4.69, 9.17) is 4.74 Å². The monoisotopic (exact) mass is 320 g/mol. The molecule has 0 unspecified atom stereocenters. The summed E-state index contributed by atoms with van der Waals surface area (Å²) >= 11 is 0. The van der Waals surface area contributed by atoms with E-state index in [0.29, 0.717) is 0 Å². The van der Waals surface area contributed by atoms with Crippen LogP contribution in [0.1, 0.15) is 33.3 Å². The van der Waals surface area contributed by atoms with E-state index in [1.807, 2.05) is 30.3 Å². The molecule has 0 saturated heterocycles. The fraction of sp³-hybridized carbons (Fsp3) is 0.471. The van der Waals surface area contributed by atoms with Crippen LogP contribution in [0.25, 0.3) is 0 Å². The molecule has 6 heteroatoms. The Balaban J connectivity index is 2.32. The van der Waals surface area contributed by atoms with E-state index in [1.165, 1.54) is 0 Å². The molecular weight excluding hydrogens is 296 g/mol. The molecule has 0 aliphatic rings. The van der Waals surface area contributed by atoms with Gasteiger partial charge in [0.2, 0.25) is 11.8 Å². The highest BCUT2D eigenvalue weighted by atomic mass is 16.5. The maximum absolute atomic E-state index is 11.9. The van der Waals surface area contributed by atoms with E-state index >= 15 is 0 Å². The number of carbonyl (C=O) groups is 3. The van der Waals surface area contributed by atoms with Crippen molar-refractivity contribution in [1.29, 1.82) is 0 Å². The highest BCUT2D eigenvalue weighted by molar-refractivity contribution is 5.90. The molecule has 0 saturated carbocycles. The average molecular weight is 320 g/mol. The summed E-state index contributed by atoms with van der Waals surface area (Å²) in [5, 5.41) is 5.05. The fourth-order valence-corrected chi connectivity index (χ4v) is 1.58. The van der Waals surface area contributed by atoms with Crippen molar-refractivity contribution in [3.05, 3.63) is 35.9 Å². The van der Waals surface area contributed by atoms with Gasteiger partial charge in [-0.1, -0.05) is 51.1 Å². The number of carbonyl (C=O) groups excluding carboxylic acids is 3. The Kier molecular flexibility index (Phi) is 6.75. The molecular formula is C17H24N2O4. The maximum atomic E-state index is 11.9. The van der Waals surface area contributed by atoms with Crippen molar-refractivity contribution >= 4 is 17.8 Å². The van der Waals surface area contributed by atoms with Gasteiger partial charge in [0.05, 0.1) is 0 Å². The molecule has 0 radical (unpaired) electrons. The van der Waals surface area contributed by atoms with Gasteiger partial charge in [-0.05, 0) is 12.5 Å². The van der Waals surface area contributed by atoms with Crippen molar-refractivity contribution in [2.75, 3.05) is 6.54 Å². The van der Waals surface area contributed by atoms with Gasteiger partial charge >= 0.3 is 5.97 Å². The van der Waals surface area contributed by atoms with Crippen LogP contribution in [-0.2, 0) is 25.7 Å². The molecule has 0 aromatic heterocycles. The number of rotatable bonds is 6. The van der Waals surface area contributed by atoms with E-state index in [2.05, 4.69) is 10.6 Å². The summed E-state index contributed by atoms with van der Waals surface area (Å²) < 4.78 is 5.05. The molecule has 2 N–H and O–H groups in total. The summed E-state index contributed by atoms with van der Waals surface area (Å²) in [6, 6.07) is 8.54. The van der Waals surface area contributed by atoms with Crippen LogP contribution >= 0.6 is 0 Å². The zero-order valence-electron chi connectivity index (χ0n) is 14.0. The molecule has 23 heavy (non-hydrogen) atoms. The molecule has 6 nitrogen and oxygen atoms in total. The first kappa shape index (κ1) is 18.7. The van der Waals surface area contributed by atoms with Crippen LogP contribution in [-0.4, -0.2) is 30.4 Å². The van der Waals surface area contributed by atoms with Gasteiger partial charge in [0.25, 0.3) is 0 Å². The average Bonchev–Trinajstić information content (AvgIpc) is 2.50. The van der Waals surface area contributed by atoms with Crippen molar-refractivity contribution in [1.82, 2.24) is 10.6 Å². The molecule has 1 rings (SSSR count). The van der Waals surface area contributed by atoms with E-state index in [1.54, 1.807) is 27.7 Å². The van der Waals surface area contributed by atoms with Crippen molar-refractivity contribution in [2.45, 2.75) is 40.3 Å². The molecule has 0 bridgehead atoms. The van der Waals surface area contributed by atoms with Gasteiger partial charge < -0.3 is 15.4 Å². The molecule has 0 fully saturated rings. The predicted molar refractivity (Wildman–Crippen MR) is 86.3 cm³/mol. The SMILES string of the molecule is C[C@@H](NC(=O)C(C)(C)C)C(=O)NCC(=O)OCc1ccccc1. The standard InChI is InChI=1S/C17H24N2O4/c1-12(19-16(22)17(2,3)4)15(21)18-10-14(20)23-11-13-8-6-5-7-9-13/h5-9,12H,10-11H2,1-4H3,(H,18,21)(H,19,22)/t12-/m1/s1. The van der Waals surface area contributed by atoms with Gasteiger partial charge in [-0.25, -0.2) is 0 Å². The second-order valence-electron chi connectivity index (χ2n) is 6.31. The number of nitrogens with one attached hydrogen (secondary N) is 2. The normalized spacial score (nSPS) is 12.2. The van der Waals surface area contributed by atoms with Crippen LogP contribution in [0.15, 0.2) is 30.3 Å². The zero-order valence-corrected chi connectivity index (χ0v) is 14.0. The third-order valence-electron chi connectivity index (χ3n) is 3.07. The third-order valence-corrected chi connectivity index (χ3v) is 3.07. The van der Waals surface area contributed by atoms with E-state index in [0.717, 1.165) is 5.56 Å². The van der Waals surface area contributed by atoms with E-state index < -0.39 is 23.3 Å². The van der Waals surface area contributed by atoms with Crippen molar-refractivity contribution in [3.63, 3.8) is 0 Å². The fourth-order valence-electron chi connectivity index (χ4n) is 1.58. The van der Waals surface area contributed by atoms with Crippen LogP contribution in [0.2, 0.25) is 0 Å². The van der Waals surface area contributed by atoms with Crippen molar-refractivity contribution in [2.24, 2.45) is 5.41 Å². The number of hydrogen-bond donors (Lipinski definition) is 2. The molecule has 2 amide bonds. The maximum Gasteiger partial charge on any atom is 0.325 e. The lowest BCUT2D eigenvalue weighted by atomic mass is 9.95. The van der Waals surface area contributed by atoms with Gasteiger partial charge in [-0.15, -0.1) is 0 Å². The van der Waals surface area contributed by atoms with Crippen LogP contribution in [0.3, 0.4) is 0 Å². The van der Waals surface area contributed by atoms with Gasteiger partial charge in [0.1, 0.15) is 19.2 Å². The lowest BCUT2D eigenvalue weighted by Gasteiger charge is -2.21. The van der Waals surface area contributed by atoms with Gasteiger partial charge in [0.15, 0.2) is 0 Å². The Hall–Kier alpha value is -2.37. The lowest BCUT2D eigenvalue weighted by molar-refractivity contribution is -0.145. The molecule has 1 aromatic rings. The zero-order chi connectivity index (χ0) is 17.5. The summed E-state index contributed by atoms with van der Waals surface area (Å²) in [6.07, 6.45) is 0. The molecule has 0 aliphatic heterocycles. The van der Waals surface area contributed by atoms with Gasteiger partial charge in [0, 0.05) is 5.41 Å². The predicted octanol–water partition coefficient (Wildman–Crippen LogP) is 1.40. The number of benzene rings is 1.